The second-order valence-corrected chi connectivity index (χ2v) is 8.41. The van der Waals surface area contributed by atoms with Crippen LogP contribution < -0.4 is 5.32 Å². The van der Waals surface area contributed by atoms with Gasteiger partial charge < -0.3 is 10.1 Å². The van der Waals surface area contributed by atoms with E-state index in [1.165, 1.54) is 12.2 Å². The van der Waals surface area contributed by atoms with E-state index in [0.29, 0.717) is 5.82 Å². The van der Waals surface area contributed by atoms with Crippen molar-refractivity contribution < 1.29 is 4.74 Å². The molecule has 1 N–H and O–H groups in total. The van der Waals surface area contributed by atoms with E-state index in [-0.39, 0.29) is 5.54 Å². The first kappa shape index (κ1) is 18.7. The van der Waals surface area contributed by atoms with Crippen molar-refractivity contribution in [3.8, 4) is 11.5 Å². The van der Waals surface area contributed by atoms with Crippen LogP contribution in [0.25, 0.3) is 11.5 Å². The summed E-state index contributed by atoms with van der Waals surface area (Å²) in [6.45, 7) is 8.73. The number of nitrogens with one attached hydrogen (secondary N) is 1. The monoisotopic (exact) mass is 385 g/mol. The number of thioether (sulfide) groups is 1. The number of aryl methyl sites for hydroxylation is 1. The van der Waals surface area contributed by atoms with Crippen LogP contribution in [0, 0.1) is 13.8 Å². The van der Waals surface area contributed by atoms with Crippen molar-refractivity contribution in [1.29, 1.82) is 0 Å². The van der Waals surface area contributed by atoms with Gasteiger partial charge in [0.05, 0.1) is 13.2 Å². The minimum absolute atomic E-state index is 0.185. The lowest BCUT2D eigenvalue weighted by Crippen LogP contribution is -2.57. The summed E-state index contributed by atoms with van der Waals surface area (Å²) in [6.07, 6.45) is 2.99. The van der Waals surface area contributed by atoms with Crippen LogP contribution in [-0.2, 0) is 4.74 Å². The molecule has 1 unspecified atom stereocenters. The summed E-state index contributed by atoms with van der Waals surface area (Å²) in [4.78, 5) is 16.5. The molecule has 0 bridgehead atoms. The number of pyridine rings is 1. The number of aromatic nitrogens is 3. The van der Waals surface area contributed by atoms with Crippen LogP contribution >= 0.6 is 11.8 Å². The van der Waals surface area contributed by atoms with E-state index in [9.17, 15) is 0 Å². The number of anilines is 1. The Morgan fingerprint density at radius 1 is 1.22 bits per heavy atom. The van der Waals surface area contributed by atoms with Crippen LogP contribution in [-0.4, -0.2) is 69.7 Å². The first-order valence-corrected chi connectivity index (χ1v) is 10.7. The van der Waals surface area contributed by atoms with Crippen molar-refractivity contribution in [2.24, 2.45) is 0 Å². The Morgan fingerprint density at radius 2 is 2.07 bits per heavy atom. The quantitative estimate of drug-likeness (QED) is 0.849. The molecule has 1 atom stereocenters. The molecule has 2 aliphatic rings. The van der Waals surface area contributed by atoms with Crippen LogP contribution in [0.15, 0.2) is 24.4 Å². The number of ether oxygens (including phenoxy) is 1. The zero-order chi connectivity index (χ0) is 18.7. The molecule has 2 aromatic heterocycles. The van der Waals surface area contributed by atoms with Gasteiger partial charge >= 0.3 is 0 Å². The highest BCUT2D eigenvalue weighted by atomic mass is 32.2. The van der Waals surface area contributed by atoms with Gasteiger partial charge in [0, 0.05) is 48.4 Å². The summed E-state index contributed by atoms with van der Waals surface area (Å²) in [5.41, 5.74) is 3.10. The Morgan fingerprint density at radius 3 is 2.78 bits per heavy atom. The zero-order valence-corrected chi connectivity index (χ0v) is 16.9. The summed E-state index contributed by atoms with van der Waals surface area (Å²) in [5, 5.41) is 3.67. The van der Waals surface area contributed by atoms with Crippen molar-refractivity contribution in [1.82, 2.24) is 19.9 Å². The topological polar surface area (TPSA) is 63.2 Å². The summed E-state index contributed by atoms with van der Waals surface area (Å²) in [6, 6.07) is 5.83. The van der Waals surface area contributed by atoms with E-state index in [1.807, 2.05) is 25.1 Å². The highest BCUT2D eigenvalue weighted by Crippen LogP contribution is 2.34. The number of morpholine rings is 1. The Hall–Kier alpha value is -1.70. The molecule has 6 nitrogen and oxygen atoms in total. The second-order valence-electron chi connectivity index (χ2n) is 7.30. The maximum atomic E-state index is 5.57. The van der Waals surface area contributed by atoms with Gasteiger partial charge in [-0.3, -0.25) is 9.88 Å². The Labute approximate surface area is 165 Å². The molecule has 0 radical (unpaired) electrons. The van der Waals surface area contributed by atoms with Crippen molar-refractivity contribution in [3.63, 3.8) is 0 Å². The predicted octanol–water partition coefficient (Wildman–Crippen LogP) is 2.78. The van der Waals surface area contributed by atoms with Crippen LogP contribution in [0.2, 0.25) is 0 Å². The third-order valence-electron chi connectivity index (χ3n) is 5.63. The first-order chi connectivity index (χ1) is 13.2. The van der Waals surface area contributed by atoms with E-state index >= 15 is 0 Å². The fourth-order valence-corrected chi connectivity index (χ4v) is 5.27. The number of hydrogen-bond acceptors (Lipinski definition) is 7. The fourth-order valence-electron chi connectivity index (χ4n) is 3.79. The lowest BCUT2D eigenvalue weighted by molar-refractivity contribution is -0.00923. The summed E-state index contributed by atoms with van der Waals surface area (Å²) in [5.74, 6) is 3.99. The predicted molar refractivity (Wildman–Crippen MR) is 110 cm³/mol. The van der Waals surface area contributed by atoms with Gasteiger partial charge in [0.2, 0.25) is 0 Å². The number of hydrogen-bond donors (Lipinski definition) is 1. The molecular formula is C20H27N5OS. The molecule has 2 fully saturated rings. The molecule has 2 aliphatic heterocycles. The largest absolute Gasteiger partial charge is 0.379 e. The van der Waals surface area contributed by atoms with Crippen molar-refractivity contribution in [2.75, 3.05) is 49.7 Å². The van der Waals surface area contributed by atoms with E-state index in [4.69, 9.17) is 9.72 Å². The SMILES string of the molecule is Cc1nc(-c2ccccn2)nc(NCC2(N3CCOCC3)CCSC2)c1C. The average Bonchev–Trinajstić information content (AvgIpc) is 3.20. The molecule has 0 saturated carbocycles. The molecule has 0 amide bonds. The van der Waals surface area contributed by atoms with Gasteiger partial charge in [-0.2, -0.15) is 11.8 Å². The number of rotatable bonds is 5. The highest BCUT2D eigenvalue weighted by molar-refractivity contribution is 7.99. The van der Waals surface area contributed by atoms with Crippen molar-refractivity contribution >= 4 is 17.6 Å². The smallest absolute Gasteiger partial charge is 0.180 e. The maximum Gasteiger partial charge on any atom is 0.180 e. The van der Waals surface area contributed by atoms with Gasteiger partial charge in [0.15, 0.2) is 5.82 Å². The van der Waals surface area contributed by atoms with Gasteiger partial charge in [-0.1, -0.05) is 6.07 Å². The van der Waals surface area contributed by atoms with Gasteiger partial charge in [-0.05, 0) is 38.2 Å². The van der Waals surface area contributed by atoms with E-state index in [2.05, 4.69) is 38.9 Å². The van der Waals surface area contributed by atoms with E-state index < -0.39 is 0 Å². The van der Waals surface area contributed by atoms with Crippen LogP contribution in [0.3, 0.4) is 0 Å². The zero-order valence-electron chi connectivity index (χ0n) is 16.1. The van der Waals surface area contributed by atoms with Crippen molar-refractivity contribution in [2.45, 2.75) is 25.8 Å². The third kappa shape index (κ3) is 3.95. The van der Waals surface area contributed by atoms with Gasteiger partial charge in [0.1, 0.15) is 11.5 Å². The molecule has 27 heavy (non-hydrogen) atoms. The minimum atomic E-state index is 0.185. The average molecular weight is 386 g/mol. The summed E-state index contributed by atoms with van der Waals surface area (Å²) < 4.78 is 5.57. The van der Waals surface area contributed by atoms with Gasteiger partial charge in [-0.15, -0.1) is 0 Å². The maximum absolute atomic E-state index is 5.57. The van der Waals surface area contributed by atoms with Crippen LogP contribution in [0.1, 0.15) is 17.7 Å². The van der Waals surface area contributed by atoms with Gasteiger partial charge in [0.25, 0.3) is 0 Å². The third-order valence-corrected chi connectivity index (χ3v) is 6.87. The van der Waals surface area contributed by atoms with E-state index in [1.54, 1.807) is 6.20 Å². The summed E-state index contributed by atoms with van der Waals surface area (Å²) in [7, 11) is 0. The molecule has 4 heterocycles. The fraction of sp³-hybridized carbons (Fsp3) is 0.550. The molecule has 2 aromatic rings. The molecule has 144 valence electrons. The standard InChI is InChI=1S/C20H27N5OS/c1-15-16(2)23-19(17-5-3-4-7-21-17)24-18(15)22-13-20(6-12-27-14-20)25-8-10-26-11-9-25/h3-5,7H,6,8-14H2,1-2H3,(H,22,23,24). The normalized spacial score (nSPS) is 23.5. The highest BCUT2D eigenvalue weighted by Gasteiger charge is 2.40. The molecule has 2 saturated heterocycles. The lowest BCUT2D eigenvalue weighted by atomic mass is 9.95. The van der Waals surface area contributed by atoms with E-state index in [0.717, 1.165) is 61.4 Å². The lowest BCUT2D eigenvalue weighted by Gasteiger charge is -2.43. The van der Waals surface area contributed by atoms with Crippen molar-refractivity contribution in [3.05, 3.63) is 35.7 Å². The molecular weight excluding hydrogens is 358 g/mol. The molecule has 0 aliphatic carbocycles. The van der Waals surface area contributed by atoms with Crippen LogP contribution in [0.5, 0.6) is 0 Å². The molecule has 0 spiro atoms. The molecule has 7 heteroatoms. The van der Waals surface area contributed by atoms with Crippen LogP contribution in [0.4, 0.5) is 5.82 Å². The Balaban J connectivity index is 1.57. The Bertz CT molecular complexity index is 773. The number of nitrogens with zero attached hydrogens (tertiary/aromatic N) is 4. The molecule has 4 rings (SSSR count). The molecule has 0 aromatic carbocycles. The van der Waals surface area contributed by atoms with Gasteiger partial charge in [-0.25, -0.2) is 9.97 Å². The minimum Gasteiger partial charge on any atom is -0.379 e. The summed E-state index contributed by atoms with van der Waals surface area (Å²) >= 11 is 2.05. The second kappa shape index (κ2) is 8.12. The first-order valence-electron chi connectivity index (χ1n) is 9.59. The Kier molecular flexibility index (Phi) is 5.61.